The number of nitrogens with two attached hydrogens (primary N) is 1. The van der Waals surface area contributed by atoms with Gasteiger partial charge in [-0.2, -0.15) is 0 Å². The minimum atomic E-state index is 0.450. The summed E-state index contributed by atoms with van der Waals surface area (Å²) >= 11 is 4.96. The molecule has 0 bridgehead atoms. The van der Waals surface area contributed by atoms with E-state index in [9.17, 15) is 0 Å². The van der Waals surface area contributed by atoms with E-state index in [0.717, 1.165) is 29.8 Å². The molecule has 0 radical (unpaired) electrons. The number of nitrogens with one attached hydrogen (secondary N) is 3. The van der Waals surface area contributed by atoms with Crippen LogP contribution in [0.25, 0.3) is 10.9 Å². The third-order valence-corrected chi connectivity index (χ3v) is 4.06. The van der Waals surface area contributed by atoms with Crippen molar-refractivity contribution >= 4 is 28.2 Å². The molecule has 6 heteroatoms. The van der Waals surface area contributed by atoms with Gasteiger partial charge in [0.2, 0.25) is 0 Å². The Morgan fingerprint density at radius 1 is 1.17 bits per heavy atom. The quantitative estimate of drug-likeness (QED) is 0.315. The highest BCUT2D eigenvalue weighted by atomic mass is 32.1. The molecule has 0 saturated heterocycles. The van der Waals surface area contributed by atoms with Crippen LogP contribution in [0.4, 0.5) is 0 Å². The van der Waals surface area contributed by atoms with Gasteiger partial charge in [0.25, 0.3) is 0 Å². The fourth-order valence-electron chi connectivity index (χ4n) is 2.56. The summed E-state index contributed by atoms with van der Waals surface area (Å²) in [5.74, 6) is 6.09. The van der Waals surface area contributed by atoms with Gasteiger partial charge >= 0.3 is 0 Å². The Morgan fingerprint density at radius 2 is 2.00 bits per heavy atom. The summed E-state index contributed by atoms with van der Waals surface area (Å²) in [6, 6.07) is 16.3. The van der Waals surface area contributed by atoms with Gasteiger partial charge in [0.1, 0.15) is 12.4 Å². The maximum Gasteiger partial charge on any atom is 0.180 e. The van der Waals surface area contributed by atoms with E-state index in [2.05, 4.69) is 33.9 Å². The first-order chi connectivity index (χ1) is 11.8. The number of fused-ring (bicyclic) bond motifs is 1. The summed E-state index contributed by atoms with van der Waals surface area (Å²) in [5, 5.41) is 4.68. The number of rotatable bonds is 6. The van der Waals surface area contributed by atoms with Gasteiger partial charge in [-0.3, -0.25) is 0 Å². The Hall–Kier alpha value is -2.57. The summed E-state index contributed by atoms with van der Waals surface area (Å²) in [4.78, 5) is 3.30. The summed E-state index contributed by atoms with van der Waals surface area (Å²) in [6.07, 6.45) is 2.87. The van der Waals surface area contributed by atoms with E-state index in [1.54, 1.807) is 0 Å². The summed E-state index contributed by atoms with van der Waals surface area (Å²) in [5.41, 5.74) is 5.86. The monoisotopic (exact) mass is 340 g/mol. The third-order valence-electron chi connectivity index (χ3n) is 3.80. The van der Waals surface area contributed by atoms with Crippen LogP contribution in [0.15, 0.2) is 54.7 Å². The first-order valence-corrected chi connectivity index (χ1v) is 8.18. The number of hydrogen-bond acceptors (Lipinski definition) is 3. The molecule has 0 saturated carbocycles. The Balaban J connectivity index is 1.63. The van der Waals surface area contributed by atoms with Gasteiger partial charge in [0.15, 0.2) is 5.11 Å². The zero-order valence-electron chi connectivity index (χ0n) is 13.2. The van der Waals surface area contributed by atoms with Crippen LogP contribution >= 0.6 is 12.2 Å². The Labute approximate surface area is 146 Å². The number of hydrazine groups is 1. The van der Waals surface area contributed by atoms with Gasteiger partial charge in [0, 0.05) is 29.7 Å². The predicted molar refractivity (Wildman–Crippen MR) is 101 cm³/mol. The van der Waals surface area contributed by atoms with E-state index in [-0.39, 0.29) is 0 Å². The van der Waals surface area contributed by atoms with Crippen molar-refractivity contribution in [3.8, 4) is 5.75 Å². The molecule has 2 aromatic carbocycles. The smallest absolute Gasteiger partial charge is 0.180 e. The highest BCUT2D eigenvalue weighted by Crippen LogP contribution is 2.24. The van der Waals surface area contributed by atoms with Crippen LogP contribution in [0.5, 0.6) is 5.75 Å². The normalized spacial score (nSPS) is 10.5. The molecule has 0 spiro atoms. The molecule has 1 aromatic heterocycles. The molecule has 24 heavy (non-hydrogen) atoms. The number of aromatic nitrogens is 1. The number of thiocarbonyl (C=S) groups is 1. The van der Waals surface area contributed by atoms with Crippen molar-refractivity contribution in [2.75, 3.05) is 6.54 Å². The lowest BCUT2D eigenvalue weighted by molar-refractivity contribution is 0.306. The lowest BCUT2D eigenvalue weighted by Crippen LogP contribution is -2.40. The highest BCUT2D eigenvalue weighted by Gasteiger charge is 2.05. The second-order valence-corrected chi connectivity index (χ2v) is 5.85. The van der Waals surface area contributed by atoms with Crippen molar-refractivity contribution < 1.29 is 4.74 Å². The molecule has 5 nitrogen and oxygen atoms in total. The molecule has 3 rings (SSSR count). The van der Waals surface area contributed by atoms with Gasteiger partial charge in [-0.1, -0.05) is 30.3 Å². The Bertz CT molecular complexity index is 816. The number of ether oxygens (including phenoxy) is 1. The van der Waals surface area contributed by atoms with Gasteiger partial charge in [-0.15, -0.1) is 0 Å². The molecule has 1 heterocycles. The molecule has 0 aliphatic carbocycles. The summed E-state index contributed by atoms with van der Waals surface area (Å²) in [7, 11) is 0. The zero-order chi connectivity index (χ0) is 16.8. The zero-order valence-corrected chi connectivity index (χ0v) is 14.0. The molecule has 0 aliphatic rings. The van der Waals surface area contributed by atoms with Crippen LogP contribution in [0.2, 0.25) is 0 Å². The van der Waals surface area contributed by atoms with Gasteiger partial charge in [0.05, 0.1) is 0 Å². The SMILES string of the molecule is NNC(=S)NCCc1c[nH]c2cc(OCc3ccccc3)ccc12. The maximum atomic E-state index is 5.86. The van der Waals surface area contributed by atoms with Gasteiger partial charge < -0.3 is 20.5 Å². The minimum absolute atomic E-state index is 0.450. The van der Waals surface area contributed by atoms with E-state index >= 15 is 0 Å². The highest BCUT2D eigenvalue weighted by molar-refractivity contribution is 7.80. The molecule has 124 valence electrons. The van der Waals surface area contributed by atoms with Crippen molar-refractivity contribution in [3.05, 3.63) is 65.9 Å². The number of aromatic amines is 1. The van der Waals surface area contributed by atoms with E-state index in [1.165, 1.54) is 10.9 Å². The van der Waals surface area contributed by atoms with Crippen molar-refractivity contribution in [3.63, 3.8) is 0 Å². The fourth-order valence-corrected chi connectivity index (χ4v) is 2.67. The number of benzene rings is 2. The fraction of sp³-hybridized carbons (Fsp3) is 0.167. The Morgan fingerprint density at radius 3 is 2.79 bits per heavy atom. The van der Waals surface area contributed by atoms with Gasteiger partial charge in [-0.25, -0.2) is 5.84 Å². The molecule has 0 aliphatic heterocycles. The molecule has 0 fully saturated rings. The van der Waals surface area contributed by atoms with Crippen molar-refractivity contribution in [1.82, 2.24) is 15.7 Å². The topological polar surface area (TPSA) is 75.1 Å². The van der Waals surface area contributed by atoms with Crippen molar-refractivity contribution in [1.29, 1.82) is 0 Å². The molecule has 0 atom stereocenters. The average Bonchev–Trinajstić information content (AvgIpc) is 3.03. The molecule has 3 aromatic rings. The molecular formula is C18H20N4OS. The summed E-state index contributed by atoms with van der Waals surface area (Å²) < 4.78 is 5.86. The van der Waals surface area contributed by atoms with Gasteiger partial charge in [-0.05, 0) is 41.9 Å². The molecule has 5 N–H and O–H groups in total. The van der Waals surface area contributed by atoms with Crippen LogP contribution in [0.3, 0.4) is 0 Å². The Kier molecular flexibility index (Phi) is 5.30. The number of hydrogen-bond donors (Lipinski definition) is 4. The van der Waals surface area contributed by atoms with Crippen LogP contribution in [-0.2, 0) is 13.0 Å². The second kappa shape index (κ2) is 7.81. The van der Waals surface area contributed by atoms with Crippen LogP contribution in [0, 0.1) is 0 Å². The molecule has 0 unspecified atom stereocenters. The van der Waals surface area contributed by atoms with Crippen molar-refractivity contribution in [2.24, 2.45) is 5.84 Å². The second-order valence-electron chi connectivity index (χ2n) is 5.45. The first kappa shape index (κ1) is 16.3. The van der Waals surface area contributed by atoms with E-state index in [0.29, 0.717) is 11.7 Å². The van der Waals surface area contributed by atoms with E-state index < -0.39 is 0 Å². The lowest BCUT2D eigenvalue weighted by Gasteiger charge is -2.07. The van der Waals surface area contributed by atoms with Crippen LogP contribution < -0.4 is 21.3 Å². The standard InChI is InChI=1S/C18H20N4OS/c19-22-18(24)20-9-8-14-11-21-17-10-15(6-7-16(14)17)23-12-13-4-2-1-3-5-13/h1-7,10-11,21H,8-9,12,19H2,(H2,20,22,24). The minimum Gasteiger partial charge on any atom is -0.489 e. The molecular weight excluding hydrogens is 320 g/mol. The predicted octanol–water partition coefficient (Wildman–Crippen LogP) is 2.63. The number of H-pyrrole nitrogens is 1. The van der Waals surface area contributed by atoms with Crippen LogP contribution in [-0.4, -0.2) is 16.6 Å². The third kappa shape index (κ3) is 4.04. The van der Waals surface area contributed by atoms with Crippen molar-refractivity contribution in [2.45, 2.75) is 13.0 Å². The summed E-state index contributed by atoms with van der Waals surface area (Å²) in [6.45, 7) is 1.29. The average molecular weight is 340 g/mol. The molecule has 0 amide bonds. The van der Waals surface area contributed by atoms with Crippen LogP contribution in [0.1, 0.15) is 11.1 Å². The van der Waals surface area contributed by atoms with E-state index in [1.807, 2.05) is 36.5 Å². The largest absolute Gasteiger partial charge is 0.489 e. The van der Waals surface area contributed by atoms with E-state index in [4.69, 9.17) is 22.8 Å². The lowest BCUT2D eigenvalue weighted by atomic mass is 10.1. The maximum absolute atomic E-state index is 5.86. The first-order valence-electron chi connectivity index (χ1n) is 7.77.